The van der Waals surface area contributed by atoms with Crippen molar-refractivity contribution in [3.05, 3.63) is 41.4 Å². The zero-order valence-electron chi connectivity index (χ0n) is 13.6. The van der Waals surface area contributed by atoms with E-state index in [4.69, 9.17) is 0 Å². The van der Waals surface area contributed by atoms with Crippen molar-refractivity contribution in [1.29, 1.82) is 0 Å². The van der Waals surface area contributed by atoms with E-state index < -0.39 is 12.6 Å². The van der Waals surface area contributed by atoms with Gasteiger partial charge in [0.1, 0.15) is 5.01 Å². The lowest BCUT2D eigenvalue weighted by atomic mass is 10.2. The van der Waals surface area contributed by atoms with Gasteiger partial charge in [-0.05, 0) is 6.92 Å². The summed E-state index contributed by atoms with van der Waals surface area (Å²) in [7, 11) is 0. The number of hydrogen-bond acceptors (Lipinski definition) is 3. The van der Waals surface area contributed by atoms with Crippen LogP contribution in [-0.4, -0.2) is 30.2 Å². The third-order valence-electron chi connectivity index (χ3n) is 3.02. The van der Waals surface area contributed by atoms with Gasteiger partial charge in [0, 0.05) is 24.0 Å². The zero-order valence-corrected chi connectivity index (χ0v) is 16.8. The van der Waals surface area contributed by atoms with Crippen LogP contribution in [0, 0.1) is 0 Å². The van der Waals surface area contributed by atoms with E-state index in [-0.39, 0.29) is 30.5 Å². The van der Waals surface area contributed by atoms with Crippen LogP contribution in [0.2, 0.25) is 0 Å². The minimum atomic E-state index is -4.18. The molecular formula is C16H20F3IN4S. The zero-order chi connectivity index (χ0) is 17.4. The summed E-state index contributed by atoms with van der Waals surface area (Å²) in [4.78, 5) is 8.79. The Morgan fingerprint density at radius 1 is 1.20 bits per heavy atom. The lowest BCUT2D eigenvalue weighted by Crippen LogP contribution is -2.38. The molecule has 2 N–H and O–H groups in total. The van der Waals surface area contributed by atoms with Gasteiger partial charge in [0.05, 0.1) is 18.7 Å². The maximum atomic E-state index is 12.2. The van der Waals surface area contributed by atoms with Crippen LogP contribution >= 0.6 is 35.3 Å². The van der Waals surface area contributed by atoms with E-state index in [2.05, 4.69) is 20.6 Å². The van der Waals surface area contributed by atoms with E-state index in [9.17, 15) is 13.2 Å². The van der Waals surface area contributed by atoms with E-state index in [1.165, 1.54) is 11.3 Å². The summed E-state index contributed by atoms with van der Waals surface area (Å²) in [5.74, 6) is 0.357. The fraction of sp³-hybridized carbons (Fsp3) is 0.375. The number of nitrogens with one attached hydrogen (secondary N) is 2. The van der Waals surface area contributed by atoms with Gasteiger partial charge in [-0.1, -0.05) is 30.3 Å². The largest absolute Gasteiger partial charge is 0.390 e. The molecule has 0 radical (unpaired) electrons. The first-order valence-electron chi connectivity index (χ1n) is 7.56. The molecule has 1 aromatic heterocycles. The standard InChI is InChI=1S/C16H19F3N4S.HI/c1-2-20-15(21-9-8-16(17,18)19)22-10-13-11-24-14(23-13)12-6-4-3-5-7-12;/h3-7,11H,2,8-10H2,1H3,(H2,20,21,22);1H. The Morgan fingerprint density at radius 3 is 2.56 bits per heavy atom. The van der Waals surface area contributed by atoms with Gasteiger partial charge < -0.3 is 10.6 Å². The van der Waals surface area contributed by atoms with Crippen molar-refractivity contribution in [2.45, 2.75) is 26.1 Å². The summed E-state index contributed by atoms with van der Waals surface area (Å²) in [6, 6.07) is 9.80. The monoisotopic (exact) mass is 484 g/mol. The fourth-order valence-electron chi connectivity index (χ4n) is 1.92. The Bertz CT molecular complexity index is 659. The van der Waals surface area contributed by atoms with Gasteiger partial charge in [0.15, 0.2) is 5.96 Å². The molecular weight excluding hydrogens is 464 g/mol. The molecule has 0 aliphatic carbocycles. The number of alkyl halides is 3. The Balaban J connectivity index is 0.00000312. The number of hydrogen-bond donors (Lipinski definition) is 2. The smallest absolute Gasteiger partial charge is 0.357 e. The number of guanidine groups is 1. The van der Waals surface area contributed by atoms with Gasteiger partial charge >= 0.3 is 6.18 Å². The van der Waals surface area contributed by atoms with Gasteiger partial charge in [0.25, 0.3) is 0 Å². The lowest BCUT2D eigenvalue weighted by Gasteiger charge is -2.12. The molecule has 25 heavy (non-hydrogen) atoms. The van der Waals surface area contributed by atoms with Crippen molar-refractivity contribution in [3.63, 3.8) is 0 Å². The molecule has 0 aliphatic heterocycles. The van der Waals surface area contributed by atoms with Crippen LogP contribution in [0.4, 0.5) is 13.2 Å². The highest BCUT2D eigenvalue weighted by atomic mass is 127. The molecule has 2 rings (SSSR count). The molecule has 0 atom stereocenters. The molecule has 1 aromatic carbocycles. The van der Waals surface area contributed by atoms with Crippen molar-refractivity contribution in [1.82, 2.24) is 15.6 Å². The van der Waals surface area contributed by atoms with E-state index >= 15 is 0 Å². The second-order valence-electron chi connectivity index (χ2n) is 5.00. The average Bonchev–Trinajstić information content (AvgIpc) is 3.01. The molecule has 1 heterocycles. The van der Waals surface area contributed by atoms with E-state index in [1.54, 1.807) is 0 Å². The summed E-state index contributed by atoms with van der Waals surface area (Å²) in [5, 5.41) is 8.41. The first-order chi connectivity index (χ1) is 11.5. The first-order valence-corrected chi connectivity index (χ1v) is 8.44. The number of nitrogens with zero attached hydrogens (tertiary/aromatic N) is 2. The van der Waals surface area contributed by atoms with Crippen molar-refractivity contribution in [2.75, 3.05) is 13.1 Å². The number of benzene rings is 1. The van der Waals surface area contributed by atoms with Crippen LogP contribution in [0.5, 0.6) is 0 Å². The molecule has 0 saturated carbocycles. The SMILES string of the molecule is CCNC(=NCc1csc(-c2ccccc2)n1)NCCC(F)(F)F.I. The average molecular weight is 484 g/mol. The topological polar surface area (TPSA) is 49.3 Å². The predicted octanol–water partition coefficient (Wildman–Crippen LogP) is 4.44. The minimum Gasteiger partial charge on any atom is -0.357 e. The molecule has 0 aliphatic rings. The van der Waals surface area contributed by atoms with Crippen LogP contribution < -0.4 is 10.6 Å². The normalized spacial score (nSPS) is 11.8. The molecule has 138 valence electrons. The van der Waals surface area contributed by atoms with Gasteiger partial charge in [0.2, 0.25) is 0 Å². The number of rotatable bonds is 6. The summed E-state index contributed by atoms with van der Waals surface area (Å²) in [5.41, 5.74) is 1.82. The van der Waals surface area contributed by atoms with Gasteiger partial charge in [-0.3, -0.25) is 0 Å². The van der Waals surface area contributed by atoms with E-state index in [0.717, 1.165) is 16.3 Å². The third kappa shape index (κ3) is 8.04. The Hall–Kier alpha value is -1.36. The van der Waals surface area contributed by atoms with Crippen LogP contribution in [0.25, 0.3) is 10.6 Å². The van der Waals surface area contributed by atoms with Crippen LogP contribution in [-0.2, 0) is 6.54 Å². The lowest BCUT2D eigenvalue weighted by molar-refractivity contribution is -0.132. The van der Waals surface area contributed by atoms with Gasteiger partial charge in [-0.2, -0.15) is 13.2 Å². The van der Waals surface area contributed by atoms with E-state index in [1.807, 2.05) is 42.6 Å². The highest BCUT2D eigenvalue weighted by molar-refractivity contribution is 14.0. The van der Waals surface area contributed by atoms with Gasteiger partial charge in [-0.15, -0.1) is 35.3 Å². The molecule has 4 nitrogen and oxygen atoms in total. The number of aromatic nitrogens is 1. The summed E-state index contributed by atoms with van der Waals surface area (Å²) >= 11 is 1.52. The van der Waals surface area contributed by atoms with Gasteiger partial charge in [-0.25, -0.2) is 9.98 Å². The van der Waals surface area contributed by atoms with Crippen molar-refractivity contribution >= 4 is 41.3 Å². The van der Waals surface area contributed by atoms with E-state index in [0.29, 0.717) is 19.0 Å². The third-order valence-corrected chi connectivity index (χ3v) is 3.96. The minimum absolute atomic E-state index is 0. The molecule has 0 fully saturated rings. The molecule has 0 spiro atoms. The van der Waals surface area contributed by atoms with Crippen LogP contribution in [0.3, 0.4) is 0 Å². The maximum absolute atomic E-state index is 12.2. The summed E-state index contributed by atoms with van der Waals surface area (Å²) in [6.07, 6.45) is -5.07. The van der Waals surface area contributed by atoms with Crippen LogP contribution in [0.1, 0.15) is 19.0 Å². The second kappa shape index (κ2) is 10.6. The maximum Gasteiger partial charge on any atom is 0.390 e. The van der Waals surface area contributed by atoms with Crippen molar-refractivity contribution in [3.8, 4) is 10.6 Å². The Labute approximate surface area is 166 Å². The van der Waals surface area contributed by atoms with Crippen molar-refractivity contribution < 1.29 is 13.2 Å². The Morgan fingerprint density at radius 2 is 1.92 bits per heavy atom. The molecule has 2 aromatic rings. The number of halogens is 4. The second-order valence-corrected chi connectivity index (χ2v) is 5.86. The molecule has 0 saturated heterocycles. The number of aliphatic imine (C=N–C) groups is 1. The fourth-order valence-corrected chi connectivity index (χ4v) is 2.73. The first kappa shape index (κ1) is 21.7. The summed E-state index contributed by atoms with van der Waals surface area (Å²) < 4.78 is 36.6. The molecule has 0 unspecified atom stereocenters. The number of thiazole rings is 1. The van der Waals surface area contributed by atoms with Crippen molar-refractivity contribution in [2.24, 2.45) is 4.99 Å². The quantitative estimate of drug-likeness (QED) is 0.362. The molecule has 0 amide bonds. The molecule has 9 heteroatoms. The highest BCUT2D eigenvalue weighted by Gasteiger charge is 2.26. The molecule has 0 bridgehead atoms. The highest BCUT2D eigenvalue weighted by Crippen LogP contribution is 2.23. The summed E-state index contributed by atoms with van der Waals surface area (Å²) in [6.45, 7) is 2.54. The predicted molar refractivity (Wildman–Crippen MR) is 106 cm³/mol. The van der Waals surface area contributed by atoms with Crippen LogP contribution in [0.15, 0.2) is 40.7 Å². The Kier molecular flexibility index (Phi) is 9.19.